The Bertz CT molecular complexity index is 1630. The van der Waals surface area contributed by atoms with E-state index in [1.807, 2.05) is 58.1 Å². The van der Waals surface area contributed by atoms with E-state index >= 15 is 0 Å². The summed E-state index contributed by atoms with van der Waals surface area (Å²) in [6.07, 6.45) is 21.9. The molecule has 356 valence electrons. The van der Waals surface area contributed by atoms with Gasteiger partial charge in [0.1, 0.15) is 17.9 Å². The molecule has 1 saturated carbocycles. The first-order chi connectivity index (χ1) is 29.8. The minimum absolute atomic E-state index is 0.0519. The predicted molar refractivity (Wildman–Crippen MR) is 245 cm³/mol. The fourth-order valence-electron chi connectivity index (χ4n) is 9.78. The number of aliphatic carboxylic acids is 1. The predicted octanol–water partition coefficient (Wildman–Crippen LogP) is 8.79. The van der Waals surface area contributed by atoms with Gasteiger partial charge in [0.15, 0.2) is 5.78 Å². The number of carbonyl (C=O) groups is 5. The number of hydrogen-bond acceptors (Lipinski definition) is 10. The lowest BCUT2D eigenvalue weighted by Gasteiger charge is -2.42. The summed E-state index contributed by atoms with van der Waals surface area (Å²) in [7, 11) is 4.96. The molecule has 3 aliphatic rings. The summed E-state index contributed by atoms with van der Waals surface area (Å²) in [5.41, 5.74) is 1.88. The van der Waals surface area contributed by atoms with Crippen LogP contribution in [-0.4, -0.2) is 108 Å². The maximum Gasteiger partial charge on any atom is 0.326 e. The second-order valence-electron chi connectivity index (χ2n) is 19.2. The first kappa shape index (κ1) is 54.0. The third-order valence-electron chi connectivity index (χ3n) is 13.8. The number of allylic oxidation sites excluding steroid dienone is 6. The normalized spacial score (nSPS) is 28.0. The molecule has 0 radical (unpaired) electrons. The average molecular weight is 884 g/mol. The molecule has 3 fully saturated rings. The van der Waals surface area contributed by atoms with E-state index in [9.17, 15) is 34.2 Å². The lowest BCUT2D eigenvalue weighted by atomic mass is 9.80. The van der Waals surface area contributed by atoms with Gasteiger partial charge in [-0.3, -0.25) is 19.2 Å². The number of carboxylic acids is 1. The molecule has 2 aliphatic heterocycles. The van der Waals surface area contributed by atoms with E-state index in [0.717, 1.165) is 41.7 Å². The number of nitrogens with zero attached hydrogens (tertiary/aromatic N) is 1. The van der Waals surface area contributed by atoms with Gasteiger partial charge >= 0.3 is 5.97 Å². The maximum absolute atomic E-state index is 13.5. The molecule has 1 aliphatic carbocycles. The Hall–Kier alpha value is -3.29. The van der Waals surface area contributed by atoms with Crippen molar-refractivity contribution < 1.29 is 53.1 Å². The number of methoxy groups -OCH3 is 3. The van der Waals surface area contributed by atoms with E-state index in [2.05, 4.69) is 19.9 Å². The van der Waals surface area contributed by atoms with Crippen LogP contribution >= 0.6 is 0 Å². The van der Waals surface area contributed by atoms with Gasteiger partial charge in [0, 0.05) is 64.9 Å². The Morgan fingerprint density at radius 1 is 0.873 bits per heavy atom. The molecule has 63 heavy (non-hydrogen) atoms. The highest BCUT2D eigenvalue weighted by Gasteiger charge is 2.52. The number of ether oxygens (including phenoxy) is 4. The van der Waals surface area contributed by atoms with Crippen molar-refractivity contribution in [1.82, 2.24) is 4.90 Å². The zero-order valence-corrected chi connectivity index (χ0v) is 40.1. The van der Waals surface area contributed by atoms with Gasteiger partial charge in [-0.15, -0.1) is 0 Å². The van der Waals surface area contributed by atoms with E-state index in [1.165, 1.54) is 12.8 Å². The molecule has 12 atom stereocenters. The topological polar surface area (TPSA) is 166 Å². The highest BCUT2D eigenvalue weighted by Crippen LogP contribution is 2.37. The zero-order valence-electron chi connectivity index (χ0n) is 40.1. The number of carboxylic acid groups (broad SMARTS) is 1. The molecule has 1 amide bonds. The Kier molecular flexibility index (Phi) is 22.8. The van der Waals surface area contributed by atoms with Crippen molar-refractivity contribution in [2.75, 3.05) is 27.9 Å². The van der Waals surface area contributed by atoms with Gasteiger partial charge in [0.2, 0.25) is 5.79 Å². The number of amides is 1. The molecule has 2 heterocycles. The number of likely N-dealkylation sites (tertiary alicyclic amines) is 1. The molecule has 2 saturated heterocycles. The summed E-state index contributed by atoms with van der Waals surface area (Å²) < 4.78 is 23.0. The van der Waals surface area contributed by atoms with E-state index < -0.39 is 47.6 Å². The van der Waals surface area contributed by atoms with Crippen molar-refractivity contribution in [3.8, 4) is 0 Å². The molecular formula is C51H81NO11. The van der Waals surface area contributed by atoms with E-state index in [1.54, 1.807) is 28.3 Å². The van der Waals surface area contributed by atoms with Gasteiger partial charge in [-0.1, -0.05) is 89.5 Å². The largest absolute Gasteiger partial charge is 0.480 e. The molecule has 0 bridgehead atoms. The van der Waals surface area contributed by atoms with Gasteiger partial charge in [-0.2, -0.15) is 0 Å². The molecule has 2 N–H and O–H groups in total. The van der Waals surface area contributed by atoms with Crippen molar-refractivity contribution in [2.45, 2.75) is 181 Å². The summed E-state index contributed by atoms with van der Waals surface area (Å²) in [5, 5.41) is 21.1. The summed E-state index contributed by atoms with van der Waals surface area (Å²) >= 11 is 0. The van der Waals surface area contributed by atoms with Crippen LogP contribution in [0.2, 0.25) is 0 Å². The molecule has 0 aromatic rings. The van der Waals surface area contributed by atoms with Crippen molar-refractivity contribution in [2.24, 2.45) is 35.5 Å². The van der Waals surface area contributed by atoms with Crippen LogP contribution in [0.5, 0.6) is 0 Å². The first-order valence-corrected chi connectivity index (χ1v) is 23.7. The van der Waals surface area contributed by atoms with Gasteiger partial charge in [-0.25, -0.2) is 4.79 Å². The second-order valence-corrected chi connectivity index (χ2v) is 19.2. The quantitative estimate of drug-likeness (QED) is 0.0511. The maximum atomic E-state index is 13.5. The van der Waals surface area contributed by atoms with E-state index in [0.29, 0.717) is 69.3 Å². The van der Waals surface area contributed by atoms with Crippen LogP contribution in [0.3, 0.4) is 0 Å². The lowest BCUT2D eigenvalue weighted by Crippen LogP contribution is -2.60. The number of piperidine rings is 1. The highest BCUT2D eigenvalue weighted by molar-refractivity contribution is 6.39. The third-order valence-corrected chi connectivity index (χ3v) is 13.8. The number of aliphatic hydroxyl groups is 1. The Balaban J connectivity index is 1.46. The molecule has 12 heteroatoms. The molecule has 0 aromatic carbocycles. The minimum atomic E-state index is -2.36. The van der Waals surface area contributed by atoms with Gasteiger partial charge in [0.25, 0.3) is 11.7 Å². The van der Waals surface area contributed by atoms with Crippen molar-refractivity contribution in [1.29, 1.82) is 0 Å². The van der Waals surface area contributed by atoms with E-state index in [4.69, 9.17) is 18.9 Å². The molecule has 0 spiro atoms. The fraction of sp³-hybridized carbons (Fsp3) is 0.745. The molecule has 2 unspecified atom stereocenters. The van der Waals surface area contributed by atoms with Crippen LogP contribution in [0.1, 0.15) is 145 Å². The SMILES string of the molecule is CO[C@H]1CCCC(C[C@@H](C)CCC(=O)[C@H](C)/C=C(\C)C[C@@H](OC)C(=O)[C@H](C)C[C@H](C)/C=C/C=C/C=C(\C)[C@H](C[C@@H]2CC[C@@H](C)[C@](O)(C(=O)C(=O)N3CCCCC3C(=O)O)O2)OC)C1. The molecule has 0 aromatic heterocycles. The molecule has 12 nitrogen and oxygen atoms in total. The van der Waals surface area contributed by atoms with Crippen LogP contribution in [-0.2, 0) is 42.9 Å². The number of Topliss-reactive ketones (excluding diaryl/α,β-unsaturated/α-hetero) is 3. The van der Waals surface area contributed by atoms with Crippen LogP contribution in [0.4, 0.5) is 0 Å². The van der Waals surface area contributed by atoms with Crippen molar-refractivity contribution >= 4 is 29.2 Å². The van der Waals surface area contributed by atoms with Gasteiger partial charge in [0.05, 0.1) is 18.3 Å². The Labute approximate surface area is 378 Å². The third kappa shape index (κ3) is 16.6. The number of hydrogen-bond donors (Lipinski definition) is 2. The Morgan fingerprint density at radius 3 is 2.25 bits per heavy atom. The molecular weight excluding hydrogens is 803 g/mol. The van der Waals surface area contributed by atoms with Crippen LogP contribution in [0.15, 0.2) is 47.6 Å². The Morgan fingerprint density at radius 2 is 1.59 bits per heavy atom. The summed E-state index contributed by atoms with van der Waals surface area (Å²) in [6, 6.07) is -1.10. The van der Waals surface area contributed by atoms with Crippen LogP contribution < -0.4 is 0 Å². The van der Waals surface area contributed by atoms with E-state index in [-0.39, 0.29) is 48.4 Å². The van der Waals surface area contributed by atoms with Crippen molar-refractivity contribution in [3.05, 3.63) is 47.6 Å². The van der Waals surface area contributed by atoms with Crippen LogP contribution in [0, 0.1) is 35.5 Å². The molecule has 3 rings (SSSR count). The summed E-state index contributed by atoms with van der Waals surface area (Å²) in [4.78, 5) is 66.1. The minimum Gasteiger partial charge on any atom is -0.480 e. The van der Waals surface area contributed by atoms with Gasteiger partial charge < -0.3 is 34.1 Å². The summed E-state index contributed by atoms with van der Waals surface area (Å²) in [6.45, 7) is 13.9. The number of carbonyl (C=O) groups excluding carboxylic acids is 4. The van der Waals surface area contributed by atoms with Crippen LogP contribution in [0.25, 0.3) is 0 Å². The average Bonchev–Trinajstić information content (AvgIpc) is 3.26. The fourth-order valence-corrected chi connectivity index (χ4v) is 9.78. The number of ketones is 3. The smallest absolute Gasteiger partial charge is 0.326 e. The first-order valence-electron chi connectivity index (χ1n) is 23.7. The monoisotopic (exact) mass is 884 g/mol. The highest BCUT2D eigenvalue weighted by atomic mass is 16.6. The standard InChI is InChI=1S/C51H81NO11/c1-33(27-38(6)47(54)46(62-10)30-35(3)28-37(5)44(53)25-22-34(2)29-40-19-16-20-41(31-40)60-8)17-12-11-13-18-36(4)45(61-9)32-42-24-23-39(7)51(59,63-42)48(55)49(56)52-26-15-14-21-43(52)50(57)58/h11-13,17-18,28,33-34,37-43,45-46,59H,14-16,19-27,29-32H2,1-10H3,(H,57,58)/b13-11+,17-12+,35-28+,36-18+/t33-,34+,37-,38-,39-,40?,41+,42+,43?,45+,46-,51-/m1/s1. The lowest BCUT2D eigenvalue weighted by molar-refractivity contribution is -0.265. The second kappa shape index (κ2) is 26.6. The van der Waals surface area contributed by atoms with Gasteiger partial charge in [-0.05, 0) is 101 Å². The summed E-state index contributed by atoms with van der Waals surface area (Å²) in [5.74, 6) is -5.15. The zero-order chi connectivity index (χ0) is 46.9. The van der Waals surface area contributed by atoms with Crippen molar-refractivity contribution in [3.63, 3.8) is 0 Å². The number of rotatable bonds is 25.